The van der Waals surface area contributed by atoms with Crippen LogP contribution in [0.2, 0.25) is 10.2 Å². The van der Waals surface area contributed by atoms with Gasteiger partial charge >= 0.3 is 0 Å². The molecule has 1 aromatic heterocycles. The zero-order chi connectivity index (χ0) is 13.0. The maximum absolute atomic E-state index is 11.7. The minimum atomic E-state index is -0.637. The maximum atomic E-state index is 11.7. The van der Waals surface area contributed by atoms with Crippen molar-refractivity contribution in [2.45, 2.75) is 13.0 Å². The van der Waals surface area contributed by atoms with E-state index in [1.165, 1.54) is 19.3 Å². The molecule has 1 unspecified atom stereocenters. The third-order valence-corrected chi connectivity index (χ3v) is 2.73. The number of pyridine rings is 1. The summed E-state index contributed by atoms with van der Waals surface area (Å²) < 4.78 is 0. The Labute approximate surface area is 109 Å². The number of rotatable bonds is 3. The van der Waals surface area contributed by atoms with Crippen LogP contribution in [0.25, 0.3) is 0 Å². The second-order valence-electron chi connectivity index (χ2n) is 3.31. The Morgan fingerprint density at radius 3 is 2.59 bits per heavy atom. The lowest BCUT2D eigenvalue weighted by atomic mass is 10.2. The summed E-state index contributed by atoms with van der Waals surface area (Å²) >= 11 is 11.4. The van der Waals surface area contributed by atoms with Crippen molar-refractivity contribution in [3.8, 4) is 0 Å². The Bertz CT molecular complexity index is 451. The summed E-state index contributed by atoms with van der Waals surface area (Å²) in [7, 11) is 1.49. The predicted octanol–water partition coefficient (Wildman–Crippen LogP) is 1.25. The molecule has 5 nitrogen and oxygen atoms in total. The molecular formula is C10H11Cl2N3O2. The van der Waals surface area contributed by atoms with E-state index in [1.807, 2.05) is 0 Å². The number of nitrogens with one attached hydrogen (secondary N) is 2. The van der Waals surface area contributed by atoms with Crippen LogP contribution in [0.4, 0.5) is 0 Å². The fraction of sp³-hybridized carbons (Fsp3) is 0.300. The molecule has 0 spiro atoms. The first-order valence-electron chi connectivity index (χ1n) is 4.79. The van der Waals surface area contributed by atoms with Gasteiger partial charge in [0.1, 0.15) is 11.2 Å². The van der Waals surface area contributed by atoms with E-state index in [4.69, 9.17) is 23.2 Å². The molecule has 0 aliphatic carbocycles. The van der Waals surface area contributed by atoms with Gasteiger partial charge in [0.25, 0.3) is 5.91 Å². The largest absolute Gasteiger partial charge is 0.357 e. The molecule has 1 atom stereocenters. The van der Waals surface area contributed by atoms with E-state index < -0.39 is 11.9 Å². The van der Waals surface area contributed by atoms with Crippen LogP contribution < -0.4 is 10.6 Å². The molecule has 1 heterocycles. The number of carbonyl (C=O) groups excluding carboxylic acids is 2. The van der Waals surface area contributed by atoms with E-state index >= 15 is 0 Å². The first-order chi connectivity index (χ1) is 7.95. The highest BCUT2D eigenvalue weighted by Crippen LogP contribution is 2.19. The Hall–Kier alpha value is -1.33. The van der Waals surface area contributed by atoms with Crippen molar-refractivity contribution in [1.82, 2.24) is 15.6 Å². The molecule has 2 amide bonds. The molecule has 0 saturated carbocycles. The van der Waals surface area contributed by atoms with Crippen LogP contribution in [-0.2, 0) is 4.79 Å². The van der Waals surface area contributed by atoms with E-state index in [2.05, 4.69) is 15.6 Å². The SMILES string of the molecule is CNC(=O)C(C)NC(=O)c1cnc(Cl)c(Cl)c1. The summed E-state index contributed by atoms with van der Waals surface area (Å²) in [5.74, 6) is -0.724. The van der Waals surface area contributed by atoms with E-state index in [0.717, 1.165) is 0 Å². The van der Waals surface area contributed by atoms with Gasteiger partial charge in [-0.1, -0.05) is 23.2 Å². The fourth-order valence-electron chi connectivity index (χ4n) is 1.11. The van der Waals surface area contributed by atoms with E-state index in [9.17, 15) is 9.59 Å². The number of hydrogen-bond acceptors (Lipinski definition) is 3. The summed E-state index contributed by atoms with van der Waals surface area (Å²) in [5, 5.41) is 5.24. The standard InChI is InChI=1S/C10H11Cl2N3O2/c1-5(9(16)13-2)15-10(17)6-3-7(11)8(12)14-4-6/h3-5H,1-2H3,(H,13,16)(H,15,17). The van der Waals surface area contributed by atoms with Crippen LogP contribution in [0.5, 0.6) is 0 Å². The lowest BCUT2D eigenvalue weighted by molar-refractivity contribution is -0.122. The van der Waals surface area contributed by atoms with Crippen LogP contribution in [0, 0.1) is 0 Å². The Morgan fingerprint density at radius 2 is 2.06 bits per heavy atom. The summed E-state index contributed by atoms with van der Waals surface area (Å²) in [6.07, 6.45) is 1.29. The van der Waals surface area contributed by atoms with Gasteiger partial charge in [-0.25, -0.2) is 4.98 Å². The molecule has 0 bridgehead atoms. The van der Waals surface area contributed by atoms with Gasteiger partial charge in [0.2, 0.25) is 5.91 Å². The number of amides is 2. The molecule has 0 radical (unpaired) electrons. The number of aromatic nitrogens is 1. The lowest BCUT2D eigenvalue weighted by Gasteiger charge is -2.12. The monoisotopic (exact) mass is 275 g/mol. The fourth-order valence-corrected chi connectivity index (χ4v) is 1.38. The molecule has 0 saturated heterocycles. The molecule has 17 heavy (non-hydrogen) atoms. The average molecular weight is 276 g/mol. The normalized spacial score (nSPS) is 11.8. The van der Waals surface area contributed by atoms with Crippen molar-refractivity contribution < 1.29 is 9.59 Å². The van der Waals surface area contributed by atoms with Gasteiger partial charge in [-0.15, -0.1) is 0 Å². The zero-order valence-corrected chi connectivity index (χ0v) is 10.8. The highest BCUT2D eigenvalue weighted by Gasteiger charge is 2.16. The molecule has 1 rings (SSSR count). The average Bonchev–Trinajstić information content (AvgIpc) is 2.31. The quantitative estimate of drug-likeness (QED) is 0.816. The third kappa shape index (κ3) is 3.57. The molecule has 7 heteroatoms. The molecule has 2 N–H and O–H groups in total. The van der Waals surface area contributed by atoms with Gasteiger partial charge in [0.15, 0.2) is 0 Å². The van der Waals surface area contributed by atoms with Gasteiger partial charge in [0, 0.05) is 13.2 Å². The third-order valence-electron chi connectivity index (χ3n) is 2.05. The van der Waals surface area contributed by atoms with Crippen molar-refractivity contribution in [3.05, 3.63) is 28.0 Å². The highest BCUT2D eigenvalue weighted by molar-refractivity contribution is 6.41. The van der Waals surface area contributed by atoms with Crippen LogP contribution in [0.15, 0.2) is 12.3 Å². The molecule has 0 aromatic carbocycles. The van der Waals surface area contributed by atoms with E-state index in [0.29, 0.717) is 0 Å². The second kappa shape index (κ2) is 5.84. The summed E-state index contributed by atoms with van der Waals surface area (Å²) in [5.41, 5.74) is 0.246. The van der Waals surface area contributed by atoms with Crippen molar-refractivity contribution in [1.29, 1.82) is 0 Å². The summed E-state index contributed by atoms with van der Waals surface area (Å²) in [4.78, 5) is 26.7. The molecular weight excluding hydrogens is 265 g/mol. The van der Waals surface area contributed by atoms with Crippen LogP contribution in [-0.4, -0.2) is 29.9 Å². The number of nitrogens with zero attached hydrogens (tertiary/aromatic N) is 1. The first-order valence-corrected chi connectivity index (χ1v) is 5.54. The Kier molecular flexibility index (Phi) is 4.72. The van der Waals surface area contributed by atoms with Crippen molar-refractivity contribution in [3.63, 3.8) is 0 Å². The minimum Gasteiger partial charge on any atom is -0.357 e. The Balaban J connectivity index is 2.76. The number of hydrogen-bond donors (Lipinski definition) is 2. The van der Waals surface area contributed by atoms with Gasteiger partial charge in [-0.3, -0.25) is 9.59 Å². The lowest BCUT2D eigenvalue weighted by Crippen LogP contribution is -2.43. The van der Waals surface area contributed by atoms with Gasteiger partial charge < -0.3 is 10.6 Å². The van der Waals surface area contributed by atoms with Crippen LogP contribution >= 0.6 is 23.2 Å². The minimum absolute atomic E-state index is 0.127. The van der Waals surface area contributed by atoms with Gasteiger partial charge in [-0.05, 0) is 13.0 Å². The molecule has 0 fully saturated rings. The zero-order valence-electron chi connectivity index (χ0n) is 9.25. The predicted molar refractivity (Wildman–Crippen MR) is 65.3 cm³/mol. The molecule has 1 aromatic rings. The highest BCUT2D eigenvalue weighted by atomic mass is 35.5. The van der Waals surface area contributed by atoms with Gasteiger partial charge in [0.05, 0.1) is 10.6 Å². The van der Waals surface area contributed by atoms with E-state index in [1.54, 1.807) is 6.92 Å². The molecule has 92 valence electrons. The summed E-state index contributed by atoms with van der Waals surface area (Å²) in [6.45, 7) is 1.57. The Morgan fingerprint density at radius 1 is 1.41 bits per heavy atom. The van der Waals surface area contributed by atoms with E-state index in [-0.39, 0.29) is 21.6 Å². The maximum Gasteiger partial charge on any atom is 0.253 e. The second-order valence-corrected chi connectivity index (χ2v) is 4.07. The van der Waals surface area contributed by atoms with Crippen LogP contribution in [0.1, 0.15) is 17.3 Å². The van der Waals surface area contributed by atoms with Crippen molar-refractivity contribution >= 4 is 35.0 Å². The van der Waals surface area contributed by atoms with Crippen LogP contribution in [0.3, 0.4) is 0 Å². The van der Waals surface area contributed by atoms with Crippen molar-refractivity contribution in [2.24, 2.45) is 0 Å². The smallest absolute Gasteiger partial charge is 0.253 e. The number of halogens is 2. The number of carbonyl (C=O) groups is 2. The van der Waals surface area contributed by atoms with Gasteiger partial charge in [-0.2, -0.15) is 0 Å². The number of likely N-dealkylation sites (N-methyl/N-ethyl adjacent to an activating group) is 1. The molecule has 0 aliphatic heterocycles. The summed E-state index contributed by atoms with van der Waals surface area (Å²) in [6, 6.07) is 0.755. The molecule has 0 aliphatic rings. The topological polar surface area (TPSA) is 71.1 Å². The van der Waals surface area contributed by atoms with Crippen molar-refractivity contribution in [2.75, 3.05) is 7.05 Å². The first kappa shape index (κ1) is 13.7.